The van der Waals surface area contributed by atoms with Crippen LogP contribution in [0.15, 0.2) is 0 Å². The quantitative estimate of drug-likeness (QED) is 0.155. The smallest absolute Gasteiger partial charge is 0.251 e. The maximum atomic E-state index is 13.5. The van der Waals surface area contributed by atoms with Gasteiger partial charge in [0.2, 0.25) is 0 Å². The summed E-state index contributed by atoms with van der Waals surface area (Å²) >= 11 is 0. The molecule has 0 aromatic rings. The molecule has 0 aliphatic heterocycles. The highest BCUT2D eigenvalue weighted by atomic mass is 28.5. The topological polar surface area (TPSA) is 0 Å². The third kappa shape index (κ3) is 18.0. The van der Waals surface area contributed by atoms with Crippen molar-refractivity contribution in [3.63, 3.8) is 0 Å². The summed E-state index contributed by atoms with van der Waals surface area (Å²) in [7, 11) is -5.72. The van der Waals surface area contributed by atoms with E-state index in [2.05, 4.69) is 0 Å². The predicted molar refractivity (Wildman–Crippen MR) is 84.5 cm³/mol. The molecule has 1 unspecified atom stereocenters. The SMILES string of the molecule is FCCCCCCC(F)C[SiH2]CCCCCC[Si](F)(F)F. The monoisotopic (exact) mass is 348 g/mol. The van der Waals surface area contributed by atoms with Gasteiger partial charge < -0.3 is 0 Å². The van der Waals surface area contributed by atoms with E-state index in [1.807, 2.05) is 0 Å². The first-order chi connectivity index (χ1) is 9.95. The van der Waals surface area contributed by atoms with Gasteiger partial charge in [-0.25, -0.2) is 16.7 Å². The van der Waals surface area contributed by atoms with Crippen molar-refractivity contribution in [1.82, 2.24) is 0 Å². The molecule has 0 spiro atoms. The Morgan fingerprint density at radius 3 is 2.10 bits per heavy atom. The van der Waals surface area contributed by atoms with Gasteiger partial charge in [-0.3, -0.25) is 4.39 Å². The molecule has 0 bridgehead atoms. The van der Waals surface area contributed by atoms with Gasteiger partial charge in [0.05, 0.1) is 12.8 Å². The predicted octanol–water partition coefficient (Wildman–Crippen LogP) is 5.66. The normalized spacial score (nSPS) is 14.1. The van der Waals surface area contributed by atoms with Crippen molar-refractivity contribution in [1.29, 1.82) is 0 Å². The molecular weight excluding hydrogens is 319 g/mol. The first-order valence-electron chi connectivity index (χ1n) is 8.22. The van der Waals surface area contributed by atoms with Gasteiger partial charge in [0.1, 0.15) is 0 Å². The van der Waals surface area contributed by atoms with Crippen LogP contribution >= 0.6 is 0 Å². The van der Waals surface area contributed by atoms with Crippen molar-refractivity contribution in [2.24, 2.45) is 0 Å². The Bertz CT molecular complexity index is 224. The Balaban J connectivity index is 3.19. The van der Waals surface area contributed by atoms with Gasteiger partial charge in [0.25, 0.3) is 0 Å². The number of unbranched alkanes of at least 4 members (excludes halogenated alkanes) is 6. The fraction of sp³-hybridized carbons (Fsp3) is 1.00. The second-order valence-corrected chi connectivity index (χ2v) is 9.49. The molecular formula is C14H29F5Si2. The highest BCUT2D eigenvalue weighted by Gasteiger charge is 2.35. The summed E-state index contributed by atoms with van der Waals surface area (Å²) in [6, 6.07) is 1.20. The zero-order chi connectivity index (χ0) is 16.0. The van der Waals surface area contributed by atoms with Crippen LogP contribution in [0.4, 0.5) is 21.1 Å². The lowest BCUT2D eigenvalue weighted by Crippen LogP contribution is -2.13. The standard InChI is InChI=1S/C14H29F5Si2/c15-10-6-2-1-5-9-14(16)13-20-11-7-3-4-8-12-21(17,18)19/h14H,1-13,20H2. The van der Waals surface area contributed by atoms with E-state index >= 15 is 0 Å². The number of hydrogen-bond donors (Lipinski definition) is 0. The van der Waals surface area contributed by atoms with Crippen LogP contribution in [0, 0.1) is 0 Å². The molecule has 0 aliphatic carbocycles. The molecule has 0 rings (SSSR count). The van der Waals surface area contributed by atoms with Gasteiger partial charge in [-0.05, 0) is 25.3 Å². The van der Waals surface area contributed by atoms with E-state index in [9.17, 15) is 21.1 Å². The minimum absolute atomic E-state index is 0.280. The van der Waals surface area contributed by atoms with Gasteiger partial charge in [0.15, 0.2) is 0 Å². The minimum atomic E-state index is -5.33. The molecule has 0 fully saturated rings. The van der Waals surface area contributed by atoms with Crippen LogP contribution in [-0.2, 0) is 0 Å². The number of rotatable bonds is 15. The molecule has 1 atom stereocenters. The number of halogens is 5. The highest BCUT2D eigenvalue weighted by Crippen LogP contribution is 2.19. The van der Waals surface area contributed by atoms with Gasteiger partial charge in [-0.1, -0.05) is 44.6 Å². The van der Waals surface area contributed by atoms with Crippen molar-refractivity contribution in [3.8, 4) is 0 Å². The Kier molecular flexibility index (Phi) is 13.8. The molecule has 0 amide bonds. The third-order valence-electron chi connectivity index (χ3n) is 3.63. The van der Waals surface area contributed by atoms with Gasteiger partial charge in [0, 0.05) is 15.6 Å². The first-order valence-corrected chi connectivity index (χ1v) is 12.1. The molecule has 128 valence electrons. The molecule has 0 heterocycles. The van der Waals surface area contributed by atoms with Crippen LogP contribution in [0.25, 0.3) is 0 Å². The minimum Gasteiger partial charge on any atom is -0.251 e. The van der Waals surface area contributed by atoms with E-state index in [4.69, 9.17) is 0 Å². The van der Waals surface area contributed by atoms with Crippen molar-refractivity contribution in [3.05, 3.63) is 0 Å². The van der Waals surface area contributed by atoms with E-state index in [0.717, 1.165) is 38.1 Å². The fourth-order valence-corrected chi connectivity index (χ4v) is 4.73. The molecule has 21 heavy (non-hydrogen) atoms. The van der Waals surface area contributed by atoms with Crippen molar-refractivity contribution in [2.45, 2.75) is 82.1 Å². The average Bonchev–Trinajstić information content (AvgIpc) is 2.40. The molecule has 0 saturated carbocycles. The second kappa shape index (κ2) is 13.7. The summed E-state index contributed by atoms with van der Waals surface area (Å²) in [6.07, 6.45) is 5.84. The highest BCUT2D eigenvalue weighted by molar-refractivity contribution is 6.58. The van der Waals surface area contributed by atoms with Crippen LogP contribution in [0.5, 0.6) is 0 Å². The summed E-state index contributed by atoms with van der Waals surface area (Å²) in [5.41, 5.74) is 0. The average molecular weight is 349 g/mol. The van der Waals surface area contributed by atoms with E-state index in [0.29, 0.717) is 25.3 Å². The first kappa shape index (κ1) is 21.1. The number of hydrogen-bond acceptors (Lipinski definition) is 0. The maximum Gasteiger partial charge on any atom is 0.616 e. The molecule has 0 N–H and O–H groups in total. The molecule has 7 heteroatoms. The van der Waals surface area contributed by atoms with Crippen molar-refractivity contribution < 1.29 is 21.1 Å². The molecule has 0 aliphatic rings. The summed E-state index contributed by atoms with van der Waals surface area (Å²) in [5.74, 6) is 0. The zero-order valence-electron chi connectivity index (χ0n) is 12.9. The van der Waals surface area contributed by atoms with Crippen LogP contribution in [0.2, 0.25) is 18.1 Å². The lowest BCUT2D eigenvalue weighted by atomic mass is 10.1. The van der Waals surface area contributed by atoms with E-state index < -0.39 is 30.8 Å². The Morgan fingerprint density at radius 2 is 1.43 bits per heavy atom. The van der Waals surface area contributed by atoms with E-state index in [1.165, 1.54) is 0 Å². The third-order valence-corrected chi connectivity index (χ3v) is 6.58. The molecule has 0 aromatic carbocycles. The molecule has 0 nitrogen and oxygen atoms in total. The Labute approximate surface area is 129 Å². The molecule has 0 saturated heterocycles. The zero-order valence-corrected chi connectivity index (χ0v) is 15.3. The van der Waals surface area contributed by atoms with E-state index in [1.54, 1.807) is 0 Å². The molecule has 0 aromatic heterocycles. The van der Waals surface area contributed by atoms with Gasteiger partial charge in [-0.2, -0.15) is 0 Å². The summed E-state index contributed by atoms with van der Waals surface area (Å²) in [4.78, 5) is 0. The summed E-state index contributed by atoms with van der Waals surface area (Å²) < 4.78 is 61.4. The Hall–Kier alpha value is 0.0838. The van der Waals surface area contributed by atoms with E-state index in [-0.39, 0.29) is 13.1 Å². The summed E-state index contributed by atoms with van der Waals surface area (Å²) in [5, 5.41) is 0. The van der Waals surface area contributed by atoms with Gasteiger partial charge >= 0.3 is 9.08 Å². The van der Waals surface area contributed by atoms with Crippen LogP contribution in [0.3, 0.4) is 0 Å². The second-order valence-electron chi connectivity index (χ2n) is 5.76. The summed E-state index contributed by atoms with van der Waals surface area (Å²) in [6.45, 7) is -0.281. The lowest BCUT2D eigenvalue weighted by Gasteiger charge is -2.07. The van der Waals surface area contributed by atoms with Crippen molar-refractivity contribution >= 4 is 18.6 Å². The number of alkyl halides is 2. The van der Waals surface area contributed by atoms with Crippen molar-refractivity contribution in [2.75, 3.05) is 6.67 Å². The van der Waals surface area contributed by atoms with Crippen LogP contribution < -0.4 is 0 Å². The van der Waals surface area contributed by atoms with Gasteiger partial charge in [-0.15, -0.1) is 0 Å². The lowest BCUT2D eigenvalue weighted by molar-refractivity contribution is 0.327. The fourth-order valence-electron chi connectivity index (χ4n) is 2.36. The Morgan fingerprint density at radius 1 is 0.810 bits per heavy atom. The van der Waals surface area contributed by atoms with Crippen LogP contribution in [0.1, 0.15) is 57.8 Å². The van der Waals surface area contributed by atoms with Crippen LogP contribution in [-0.4, -0.2) is 31.4 Å². The largest absolute Gasteiger partial charge is 0.616 e. The maximum absolute atomic E-state index is 13.5. The molecule has 0 radical (unpaired) electrons.